The summed E-state index contributed by atoms with van der Waals surface area (Å²) in [7, 11) is 0. The molecule has 4 nitrogen and oxygen atoms in total. The van der Waals surface area contributed by atoms with E-state index in [4.69, 9.17) is 4.74 Å². The highest BCUT2D eigenvalue weighted by molar-refractivity contribution is 5.81. The van der Waals surface area contributed by atoms with Crippen LogP contribution in [0.1, 0.15) is 48.8 Å². The molecule has 1 N–H and O–H groups in total. The Bertz CT molecular complexity index is 621. The molecule has 3 rings (SSSR count). The summed E-state index contributed by atoms with van der Waals surface area (Å²) in [6.07, 6.45) is 8.12. The van der Waals surface area contributed by atoms with Crippen molar-refractivity contribution in [3.05, 3.63) is 41.0 Å². The number of esters is 1. The van der Waals surface area contributed by atoms with E-state index in [9.17, 15) is 9.59 Å². The van der Waals surface area contributed by atoms with Crippen LogP contribution < -0.4 is 5.32 Å². The molecule has 2 aliphatic rings. The third-order valence-electron chi connectivity index (χ3n) is 4.33. The number of benzene rings is 1. The first kappa shape index (κ1) is 14.8. The molecule has 0 saturated carbocycles. The molecule has 1 aromatic rings. The van der Waals surface area contributed by atoms with Crippen molar-refractivity contribution in [2.75, 3.05) is 6.54 Å². The van der Waals surface area contributed by atoms with Crippen LogP contribution in [0.3, 0.4) is 0 Å². The van der Waals surface area contributed by atoms with Crippen LogP contribution in [-0.4, -0.2) is 24.5 Å². The number of carbonyl (C=O) groups is 2. The van der Waals surface area contributed by atoms with Crippen molar-refractivity contribution in [2.45, 2.75) is 44.6 Å². The highest BCUT2D eigenvalue weighted by Crippen LogP contribution is 2.32. The lowest BCUT2D eigenvalue weighted by Crippen LogP contribution is -2.30. The minimum Gasteiger partial charge on any atom is -0.460 e. The minimum absolute atomic E-state index is 0.102. The average molecular weight is 299 g/mol. The van der Waals surface area contributed by atoms with E-state index in [1.54, 1.807) is 0 Å². The molecule has 1 saturated heterocycles. The van der Waals surface area contributed by atoms with Gasteiger partial charge >= 0.3 is 5.97 Å². The van der Waals surface area contributed by atoms with Crippen molar-refractivity contribution in [2.24, 2.45) is 0 Å². The first-order valence-corrected chi connectivity index (χ1v) is 7.88. The molecule has 22 heavy (non-hydrogen) atoms. The number of ether oxygens (including phenoxy) is 1. The number of hydrogen-bond donors (Lipinski definition) is 1. The number of amides is 1. The number of fused-ring (bicyclic) bond motifs is 1. The predicted octanol–water partition coefficient (Wildman–Crippen LogP) is 2.57. The molecule has 1 fully saturated rings. The van der Waals surface area contributed by atoms with Gasteiger partial charge in [-0.15, -0.1) is 0 Å². The van der Waals surface area contributed by atoms with Crippen LogP contribution in [0.5, 0.6) is 0 Å². The SMILES string of the molecule is CC(=O)NCC1CC(c2ccc3c(c2)C=CCCC3)C(=O)O1. The number of carbonyl (C=O) groups excluding carboxylic acids is 2. The molecule has 1 aliphatic carbocycles. The number of allylic oxidation sites excluding steroid dienone is 1. The monoisotopic (exact) mass is 299 g/mol. The maximum atomic E-state index is 12.1. The van der Waals surface area contributed by atoms with Gasteiger partial charge in [0.25, 0.3) is 0 Å². The molecular formula is C18H21NO3. The highest BCUT2D eigenvalue weighted by atomic mass is 16.6. The molecule has 0 bridgehead atoms. The third kappa shape index (κ3) is 3.21. The fourth-order valence-corrected chi connectivity index (χ4v) is 3.14. The topological polar surface area (TPSA) is 55.4 Å². The summed E-state index contributed by atoms with van der Waals surface area (Å²) in [5, 5.41) is 2.71. The van der Waals surface area contributed by atoms with Crippen molar-refractivity contribution in [3.8, 4) is 0 Å². The Morgan fingerprint density at radius 3 is 3.09 bits per heavy atom. The van der Waals surface area contributed by atoms with E-state index in [1.165, 1.54) is 24.5 Å². The van der Waals surface area contributed by atoms with Gasteiger partial charge in [0.1, 0.15) is 6.10 Å². The standard InChI is InChI=1S/C18H21NO3/c1-12(20)19-11-16-10-17(18(21)22-16)15-8-7-13-5-3-2-4-6-14(13)9-15/h4,6-9,16-17H,2-3,5,10-11H2,1H3,(H,19,20). The number of nitrogens with one attached hydrogen (secondary N) is 1. The van der Waals surface area contributed by atoms with Gasteiger partial charge in [-0.05, 0) is 36.0 Å². The van der Waals surface area contributed by atoms with Crippen LogP contribution >= 0.6 is 0 Å². The zero-order chi connectivity index (χ0) is 15.5. The van der Waals surface area contributed by atoms with E-state index in [0.717, 1.165) is 18.4 Å². The summed E-state index contributed by atoms with van der Waals surface area (Å²) in [5.74, 6) is -0.511. The predicted molar refractivity (Wildman–Crippen MR) is 84.3 cm³/mol. The lowest BCUT2D eigenvalue weighted by molar-refractivity contribution is -0.142. The van der Waals surface area contributed by atoms with Gasteiger partial charge in [-0.1, -0.05) is 30.4 Å². The molecule has 1 heterocycles. The molecule has 2 unspecified atom stereocenters. The van der Waals surface area contributed by atoms with E-state index >= 15 is 0 Å². The second kappa shape index (κ2) is 6.34. The van der Waals surface area contributed by atoms with E-state index in [2.05, 4.69) is 29.6 Å². The molecule has 2 atom stereocenters. The number of aryl methyl sites for hydroxylation is 1. The maximum Gasteiger partial charge on any atom is 0.313 e. The zero-order valence-electron chi connectivity index (χ0n) is 12.8. The van der Waals surface area contributed by atoms with Gasteiger partial charge < -0.3 is 10.1 Å². The first-order chi connectivity index (χ1) is 10.6. The fourth-order valence-electron chi connectivity index (χ4n) is 3.14. The number of rotatable bonds is 3. The molecule has 1 aliphatic heterocycles. The van der Waals surface area contributed by atoms with Crippen LogP contribution in [0.4, 0.5) is 0 Å². The lowest BCUT2D eigenvalue weighted by Gasteiger charge is -2.10. The summed E-state index contributed by atoms with van der Waals surface area (Å²) >= 11 is 0. The van der Waals surface area contributed by atoms with Crippen LogP contribution in [0, 0.1) is 0 Å². The quantitative estimate of drug-likeness (QED) is 0.873. The van der Waals surface area contributed by atoms with E-state index < -0.39 is 0 Å². The van der Waals surface area contributed by atoms with Crippen molar-refractivity contribution < 1.29 is 14.3 Å². The molecule has 1 amide bonds. The minimum atomic E-state index is -0.226. The zero-order valence-corrected chi connectivity index (χ0v) is 12.8. The van der Waals surface area contributed by atoms with E-state index in [-0.39, 0.29) is 23.9 Å². The summed E-state index contributed by atoms with van der Waals surface area (Å²) in [6.45, 7) is 1.86. The molecule has 0 aromatic heterocycles. The first-order valence-electron chi connectivity index (χ1n) is 7.88. The summed E-state index contributed by atoms with van der Waals surface area (Å²) < 4.78 is 5.38. The van der Waals surface area contributed by atoms with Crippen LogP contribution in [-0.2, 0) is 20.7 Å². The molecule has 0 spiro atoms. The second-order valence-electron chi connectivity index (χ2n) is 6.04. The summed E-state index contributed by atoms with van der Waals surface area (Å²) in [4.78, 5) is 23.1. The molecule has 4 heteroatoms. The van der Waals surface area contributed by atoms with Crippen LogP contribution in [0.2, 0.25) is 0 Å². The van der Waals surface area contributed by atoms with Crippen molar-refractivity contribution in [3.63, 3.8) is 0 Å². The Balaban J connectivity index is 1.75. The number of hydrogen-bond acceptors (Lipinski definition) is 3. The molecular weight excluding hydrogens is 278 g/mol. The van der Waals surface area contributed by atoms with Crippen molar-refractivity contribution in [1.29, 1.82) is 0 Å². The molecule has 116 valence electrons. The van der Waals surface area contributed by atoms with Gasteiger partial charge in [0, 0.05) is 13.3 Å². The Hall–Kier alpha value is -2.10. The molecule has 1 aromatic carbocycles. The fraction of sp³-hybridized carbons (Fsp3) is 0.444. The smallest absolute Gasteiger partial charge is 0.313 e. The van der Waals surface area contributed by atoms with E-state index in [0.29, 0.717) is 13.0 Å². The number of cyclic esters (lactones) is 1. The van der Waals surface area contributed by atoms with E-state index in [1.807, 2.05) is 6.07 Å². The lowest BCUT2D eigenvalue weighted by atomic mass is 9.91. The second-order valence-corrected chi connectivity index (χ2v) is 6.04. The normalized spacial score (nSPS) is 23.6. The Kier molecular flexibility index (Phi) is 4.27. The van der Waals surface area contributed by atoms with Gasteiger partial charge in [-0.2, -0.15) is 0 Å². The Morgan fingerprint density at radius 1 is 1.41 bits per heavy atom. The highest BCUT2D eigenvalue weighted by Gasteiger charge is 2.35. The van der Waals surface area contributed by atoms with Crippen LogP contribution in [0.15, 0.2) is 24.3 Å². The van der Waals surface area contributed by atoms with Crippen molar-refractivity contribution in [1.82, 2.24) is 5.32 Å². The maximum absolute atomic E-state index is 12.1. The van der Waals surface area contributed by atoms with Crippen molar-refractivity contribution >= 4 is 18.0 Å². The van der Waals surface area contributed by atoms with Gasteiger partial charge in [0.2, 0.25) is 5.91 Å². The van der Waals surface area contributed by atoms with Gasteiger partial charge in [-0.3, -0.25) is 9.59 Å². The Labute approximate surface area is 130 Å². The van der Waals surface area contributed by atoms with Gasteiger partial charge in [0.15, 0.2) is 0 Å². The summed E-state index contributed by atoms with van der Waals surface area (Å²) in [6, 6.07) is 6.29. The van der Waals surface area contributed by atoms with Crippen LogP contribution in [0.25, 0.3) is 6.08 Å². The molecule has 0 radical (unpaired) electrons. The average Bonchev–Trinajstić information content (AvgIpc) is 2.71. The van der Waals surface area contributed by atoms with Gasteiger partial charge in [0.05, 0.1) is 12.5 Å². The largest absolute Gasteiger partial charge is 0.460 e. The summed E-state index contributed by atoms with van der Waals surface area (Å²) in [5.41, 5.74) is 3.58. The Morgan fingerprint density at radius 2 is 2.27 bits per heavy atom. The third-order valence-corrected chi connectivity index (χ3v) is 4.33. The van der Waals surface area contributed by atoms with Gasteiger partial charge in [-0.25, -0.2) is 0 Å².